The molecule has 3 N–H and O–H groups in total. The van der Waals surface area contributed by atoms with Crippen LogP contribution in [-0.2, 0) is 10.0 Å². The first kappa shape index (κ1) is 13.8. The van der Waals surface area contributed by atoms with Crippen molar-refractivity contribution >= 4 is 27.6 Å². The van der Waals surface area contributed by atoms with Gasteiger partial charge in [-0.15, -0.1) is 18.2 Å². The van der Waals surface area contributed by atoms with Crippen LogP contribution in [0.15, 0.2) is 23.2 Å². The SMILES string of the molecule is C#CCSCCNS(=O)(=O)c1cccnc1N. The molecule has 0 amide bonds. The maximum Gasteiger partial charge on any atom is 0.244 e. The molecule has 92 valence electrons. The normalized spacial score (nSPS) is 11.0. The molecular weight excluding hydrogens is 258 g/mol. The molecule has 0 unspecified atom stereocenters. The zero-order valence-corrected chi connectivity index (χ0v) is 10.7. The van der Waals surface area contributed by atoms with Crippen molar-refractivity contribution in [2.45, 2.75) is 4.90 Å². The molecule has 0 aromatic carbocycles. The van der Waals surface area contributed by atoms with Crippen LogP contribution in [0.3, 0.4) is 0 Å². The first-order valence-corrected chi connectivity index (χ1v) is 7.43. The maximum absolute atomic E-state index is 11.8. The summed E-state index contributed by atoms with van der Waals surface area (Å²) in [5, 5.41) is 0. The van der Waals surface area contributed by atoms with Gasteiger partial charge in [0.2, 0.25) is 10.0 Å². The number of terminal acetylenes is 1. The van der Waals surface area contributed by atoms with E-state index in [2.05, 4.69) is 15.6 Å². The van der Waals surface area contributed by atoms with Crippen molar-refractivity contribution in [1.82, 2.24) is 9.71 Å². The van der Waals surface area contributed by atoms with Crippen LogP contribution in [0, 0.1) is 12.3 Å². The highest BCUT2D eigenvalue weighted by Gasteiger charge is 2.16. The van der Waals surface area contributed by atoms with E-state index in [0.29, 0.717) is 18.1 Å². The predicted octanol–water partition coefficient (Wildman–Crippen LogP) is 0.309. The molecule has 1 heterocycles. The second-order valence-corrected chi connectivity index (χ2v) is 5.88. The number of nitrogens with one attached hydrogen (secondary N) is 1. The van der Waals surface area contributed by atoms with E-state index in [1.54, 1.807) is 0 Å². The lowest BCUT2D eigenvalue weighted by Gasteiger charge is -2.07. The average molecular weight is 271 g/mol. The Morgan fingerprint density at radius 2 is 2.35 bits per heavy atom. The molecule has 17 heavy (non-hydrogen) atoms. The van der Waals surface area contributed by atoms with E-state index in [9.17, 15) is 8.42 Å². The third-order valence-corrected chi connectivity index (χ3v) is 4.19. The van der Waals surface area contributed by atoms with E-state index in [-0.39, 0.29) is 10.7 Å². The van der Waals surface area contributed by atoms with Crippen molar-refractivity contribution < 1.29 is 8.42 Å². The maximum atomic E-state index is 11.8. The monoisotopic (exact) mass is 271 g/mol. The van der Waals surface area contributed by atoms with Crippen molar-refractivity contribution in [1.29, 1.82) is 0 Å². The smallest absolute Gasteiger partial charge is 0.244 e. The number of thioether (sulfide) groups is 1. The lowest BCUT2D eigenvalue weighted by atomic mass is 10.5. The highest BCUT2D eigenvalue weighted by atomic mass is 32.2. The molecule has 0 radical (unpaired) electrons. The standard InChI is InChI=1S/C10H13N3O2S2/c1-2-7-16-8-6-13-17(14,15)9-4-3-5-12-10(9)11/h1,3-5,13H,6-8H2,(H2,11,12). The molecule has 0 bridgehead atoms. The zero-order chi connectivity index (χ0) is 12.7. The fourth-order valence-electron chi connectivity index (χ4n) is 1.09. The predicted molar refractivity (Wildman–Crippen MR) is 70.0 cm³/mol. The van der Waals surface area contributed by atoms with Gasteiger partial charge in [0, 0.05) is 18.5 Å². The quantitative estimate of drug-likeness (QED) is 0.574. The van der Waals surface area contributed by atoms with Gasteiger partial charge in [0.15, 0.2) is 0 Å². The highest BCUT2D eigenvalue weighted by molar-refractivity contribution is 7.99. The number of sulfonamides is 1. The fourth-order valence-corrected chi connectivity index (χ4v) is 2.84. The number of aromatic nitrogens is 1. The van der Waals surface area contributed by atoms with Gasteiger partial charge < -0.3 is 5.73 Å². The second kappa shape index (κ2) is 6.49. The Balaban J connectivity index is 2.59. The molecule has 1 aromatic heterocycles. The van der Waals surface area contributed by atoms with Crippen LogP contribution in [0.2, 0.25) is 0 Å². The number of nitrogens with two attached hydrogens (primary N) is 1. The van der Waals surface area contributed by atoms with E-state index < -0.39 is 10.0 Å². The zero-order valence-electron chi connectivity index (χ0n) is 9.09. The van der Waals surface area contributed by atoms with Gasteiger partial charge in [-0.25, -0.2) is 18.1 Å². The van der Waals surface area contributed by atoms with Gasteiger partial charge in [0.1, 0.15) is 10.7 Å². The molecule has 0 aliphatic rings. The first-order valence-electron chi connectivity index (χ1n) is 4.79. The van der Waals surface area contributed by atoms with Crippen LogP contribution in [0.5, 0.6) is 0 Å². The number of anilines is 1. The Morgan fingerprint density at radius 1 is 1.59 bits per heavy atom. The summed E-state index contributed by atoms with van der Waals surface area (Å²) in [7, 11) is -3.58. The fraction of sp³-hybridized carbons (Fsp3) is 0.300. The molecule has 5 nitrogen and oxygen atoms in total. The largest absolute Gasteiger partial charge is 0.383 e. The minimum Gasteiger partial charge on any atom is -0.383 e. The number of pyridine rings is 1. The van der Waals surface area contributed by atoms with Crippen molar-refractivity contribution in [3.63, 3.8) is 0 Å². The number of nitrogens with zero attached hydrogens (tertiary/aromatic N) is 1. The minimum atomic E-state index is -3.58. The van der Waals surface area contributed by atoms with Gasteiger partial charge in [-0.2, -0.15) is 0 Å². The molecule has 0 atom stereocenters. The van der Waals surface area contributed by atoms with E-state index in [4.69, 9.17) is 12.2 Å². The molecule has 0 aliphatic heterocycles. The molecule has 1 aromatic rings. The number of hydrogen-bond acceptors (Lipinski definition) is 5. The lowest BCUT2D eigenvalue weighted by Crippen LogP contribution is -2.27. The van der Waals surface area contributed by atoms with Crippen LogP contribution in [0.4, 0.5) is 5.82 Å². The summed E-state index contributed by atoms with van der Waals surface area (Å²) in [6.07, 6.45) is 6.51. The van der Waals surface area contributed by atoms with E-state index in [1.807, 2.05) is 0 Å². The van der Waals surface area contributed by atoms with Crippen molar-refractivity contribution in [2.75, 3.05) is 23.8 Å². The van der Waals surface area contributed by atoms with Crippen molar-refractivity contribution in [2.24, 2.45) is 0 Å². The highest BCUT2D eigenvalue weighted by Crippen LogP contribution is 2.13. The topological polar surface area (TPSA) is 85.1 Å². The van der Waals surface area contributed by atoms with Crippen molar-refractivity contribution in [3.8, 4) is 12.3 Å². The summed E-state index contributed by atoms with van der Waals surface area (Å²) >= 11 is 1.48. The summed E-state index contributed by atoms with van der Waals surface area (Å²) in [5.41, 5.74) is 5.50. The van der Waals surface area contributed by atoms with Gasteiger partial charge in [-0.05, 0) is 12.1 Å². The molecule has 7 heteroatoms. The third-order valence-electron chi connectivity index (χ3n) is 1.81. The van der Waals surface area contributed by atoms with Crippen LogP contribution in [0.25, 0.3) is 0 Å². The Morgan fingerprint density at radius 3 is 3.00 bits per heavy atom. The molecule has 0 saturated carbocycles. The number of nitrogen functional groups attached to an aromatic ring is 1. The van der Waals surface area contributed by atoms with E-state index in [0.717, 1.165) is 0 Å². The summed E-state index contributed by atoms with van der Waals surface area (Å²) < 4.78 is 26.0. The van der Waals surface area contributed by atoms with Gasteiger partial charge in [-0.3, -0.25) is 0 Å². The third kappa shape index (κ3) is 4.26. The van der Waals surface area contributed by atoms with E-state index in [1.165, 1.54) is 30.1 Å². The molecule has 0 fully saturated rings. The number of hydrogen-bond donors (Lipinski definition) is 2. The minimum absolute atomic E-state index is 0.00181. The molecular formula is C10H13N3O2S2. The molecule has 0 spiro atoms. The summed E-state index contributed by atoms with van der Waals surface area (Å²) in [6.45, 7) is 0.309. The summed E-state index contributed by atoms with van der Waals surface area (Å²) in [4.78, 5) is 3.73. The van der Waals surface area contributed by atoms with Crippen LogP contribution in [-0.4, -0.2) is 31.5 Å². The van der Waals surface area contributed by atoms with Crippen LogP contribution in [0.1, 0.15) is 0 Å². The van der Waals surface area contributed by atoms with Crippen LogP contribution < -0.4 is 10.5 Å². The Kier molecular flexibility index (Phi) is 5.28. The van der Waals surface area contributed by atoms with Gasteiger partial charge in [0.25, 0.3) is 0 Å². The van der Waals surface area contributed by atoms with Crippen molar-refractivity contribution in [3.05, 3.63) is 18.3 Å². The summed E-state index contributed by atoms with van der Waals surface area (Å²) in [5.74, 6) is 3.64. The Labute approximate surface area is 105 Å². The Hall–Kier alpha value is -1.23. The lowest BCUT2D eigenvalue weighted by molar-refractivity contribution is 0.584. The van der Waals surface area contributed by atoms with Crippen LogP contribution >= 0.6 is 11.8 Å². The first-order chi connectivity index (χ1) is 8.08. The Bertz CT molecular complexity index is 509. The van der Waals surface area contributed by atoms with E-state index >= 15 is 0 Å². The molecule has 1 rings (SSSR count). The second-order valence-electron chi connectivity index (χ2n) is 3.04. The van der Waals surface area contributed by atoms with Gasteiger partial charge in [-0.1, -0.05) is 5.92 Å². The average Bonchev–Trinajstić information content (AvgIpc) is 2.29. The molecule has 0 aliphatic carbocycles. The van der Waals surface area contributed by atoms with Gasteiger partial charge >= 0.3 is 0 Å². The summed E-state index contributed by atoms with van der Waals surface area (Å²) in [6, 6.07) is 2.94. The number of rotatable bonds is 6. The molecule has 0 saturated heterocycles. The van der Waals surface area contributed by atoms with Gasteiger partial charge in [0.05, 0.1) is 5.75 Å².